The van der Waals surface area contributed by atoms with Gasteiger partial charge in [-0.2, -0.15) is 13.2 Å². The number of benzene rings is 2. The van der Waals surface area contributed by atoms with Crippen LogP contribution in [0.4, 0.5) is 13.2 Å². The van der Waals surface area contributed by atoms with Crippen LogP contribution < -0.4 is 4.74 Å². The van der Waals surface area contributed by atoms with Crippen LogP contribution in [0.25, 0.3) is 33.5 Å². The summed E-state index contributed by atoms with van der Waals surface area (Å²) in [5.41, 5.74) is 2.89. The van der Waals surface area contributed by atoms with Crippen molar-refractivity contribution in [1.29, 1.82) is 0 Å². The molecule has 0 fully saturated rings. The largest absolute Gasteiger partial charge is 0.496 e. The van der Waals surface area contributed by atoms with Crippen LogP contribution in [0.2, 0.25) is 0 Å². The van der Waals surface area contributed by atoms with E-state index >= 15 is 0 Å². The van der Waals surface area contributed by atoms with Crippen LogP contribution in [0.1, 0.15) is 11.3 Å². The summed E-state index contributed by atoms with van der Waals surface area (Å²) in [7, 11) is 1.55. The molecule has 0 saturated carbocycles. The van der Waals surface area contributed by atoms with Crippen molar-refractivity contribution in [2.45, 2.75) is 13.1 Å². The zero-order valence-electron chi connectivity index (χ0n) is 15.1. The second-order valence-corrected chi connectivity index (χ2v) is 6.43. The number of methoxy groups -OCH3 is 1. The van der Waals surface area contributed by atoms with Crippen LogP contribution in [0.3, 0.4) is 0 Å². The lowest BCUT2D eigenvalue weighted by Gasteiger charge is -2.11. The molecule has 0 spiro atoms. The summed E-state index contributed by atoms with van der Waals surface area (Å²) in [6, 6.07) is 12.3. The smallest absolute Gasteiger partial charge is 0.416 e. The molecule has 0 saturated heterocycles. The predicted molar refractivity (Wildman–Crippen MR) is 101 cm³/mol. The number of aromatic amines is 1. The van der Waals surface area contributed by atoms with E-state index in [0.717, 1.165) is 34.6 Å². The molecule has 1 N–H and O–H groups in total. The third-order valence-corrected chi connectivity index (χ3v) is 4.48. The van der Waals surface area contributed by atoms with Crippen LogP contribution in [-0.4, -0.2) is 22.1 Å². The maximum absolute atomic E-state index is 12.8. The lowest BCUT2D eigenvalue weighted by atomic mass is 10.0. The molecule has 7 heteroatoms. The Kier molecular flexibility index (Phi) is 4.30. The van der Waals surface area contributed by atoms with Crippen molar-refractivity contribution in [3.05, 3.63) is 66.0 Å². The van der Waals surface area contributed by atoms with E-state index in [2.05, 4.69) is 15.0 Å². The summed E-state index contributed by atoms with van der Waals surface area (Å²) >= 11 is 0. The van der Waals surface area contributed by atoms with Gasteiger partial charge < -0.3 is 9.72 Å². The zero-order valence-corrected chi connectivity index (χ0v) is 15.1. The van der Waals surface area contributed by atoms with E-state index in [9.17, 15) is 13.2 Å². The van der Waals surface area contributed by atoms with Crippen LogP contribution in [0.5, 0.6) is 5.75 Å². The first-order valence-corrected chi connectivity index (χ1v) is 8.53. The molecule has 0 aliphatic carbocycles. The summed E-state index contributed by atoms with van der Waals surface area (Å²) in [5, 5.41) is 0.810. The fourth-order valence-electron chi connectivity index (χ4n) is 3.05. The van der Waals surface area contributed by atoms with E-state index in [4.69, 9.17) is 4.74 Å². The number of nitrogens with zero attached hydrogens (tertiary/aromatic N) is 2. The van der Waals surface area contributed by atoms with E-state index in [1.807, 2.05) is 25.1 Å². The van der Waals surface area contributed by atoms with Gasteiger partial charge in [0.1, 0.15) is 11.6 Å². The number of alkyl halides is 3. The average Bonchev–Trinajstić information content (AvgIpc) is 3.12. The number of ether oxygens (including phenoxy) is 1. The van der Waals surface area contributed by atoms with Crippen LogP contribution >= 0.6 is 0 Å². The summed E-state index contributed by atoms with van der Waals surface area (Å²) in [6.45, 7) is 1.92. The molecule has 2 aromatic heterocycles. The number of aryl methyl sites for hydroxylation is 1. The molecule has 0 unspecified atom stereocenters. The highest BCUT2D eigenvalue weighted by Gasteiger charge is 2.30. The number of nitrogens with one attached hydrogen (secondary N) is 1. The van der Waals surface area contributed by atoms with Crippen molar-refractivity contribution < 1.29 is 17.9 Å². The molecular weight excluding hydrogens is 367 g/mol. The molecule has 142 valence electrons. The molecule has 4 rings (SSSR count). The summed E-state index contributed by atoms with van der Waals surface area (Å²) in [6.07, 6.45) is -2.63. The van der Waals surface area contributed by atoms with E-state index in [1.54, 1.807) is 19.4 Å². The molecule has 28 heavy (non-hydrogen) atoms. The average molecular weight is 383 g/mol. The summed E-state index contributed by atoms with van der Waals surface area (Å²) < 4.78 is 43.9. The molecule has 2 heterocycles. The van der Waals surface area contributed by atoms with E-state index < -0.39 is 11.7 Å². The molecule has 0 amide bonds. The fourth-order valence-corrected chi connectivity index (χ4v) is 3.05. The fraction of sp³-hybridized carbons (Fsp3) is 0.143. The Balaban J connectivity index is 1.82. The van der Waals surface area contributed by atoms with E-state index in [1.165, 1.54) is 12.1 Å². The molecule has 0 radical (unpaired) electrons. The van der Waals surface area contributed by atoms with Gasteiger partial charge in [-0.3, -0.25) is 0 Å². The highest BCUT2D eigenvalue weighted by Crippen LogP contribution is 2.34. The zero-order chi connectivity index (χ0) is 19.9. The van der Waals surface area contributed by atoms with Crippen molar-refractivity contribution >= 4 is 10.9 Å². The van der Waals surface area contributed by atoms with Crippen molar-refractivity contribution in [3.63, 3.8) is 0 Å². The van der Waals surface area contributed by atoms with Crippen LogP contribution in [-0.2, 0) is 6.18 Å². The van der Waals surface area contributed by atoms with Crippen molar-refractivity contribution in [2.24, 2.45) is 0 Å². The van der Waals surface area contributed by atoms with Gasteiger partial charge in [0.05, 0.1) is 23.9 Å². The lowest BCUT2D eigenvalue weighted by Crippen LogP contribution is -2.04. The standard InChI is InChI=1S/C21H16F3N3O/c1-12-11-25-20(26-12)14-5-8-16-18(9-14)27-17(10-19(16)28-2)13-3-6-15(7-4-13)21(22,23)24/h3-11H,1-2H3,(H,25,26). The van der Waals surface area contributed by atoms with Gasteiger partial charge in [0.15, 0.2) is 0 Å². The van der Waals surface area contributed by atoms with E-state index in [-0.39, 0.29) is 0 Å². The molecular formula is C21H16F3N3O. The number of fused-ring (bicyclic) bond motifs is 1. The van der Waals surface area contributed by atoms with Gasteiger partial charge in [-0.15, -0.1) is 0 Å². The van der Waals surface area contributed by atoms with Crippen molar-refractivity contribution in [1.82, 2.24) is 15.0 Å². The Bertz CT molecular complexity index is 1150. The molecule has 4 aromatic rings. The van der Waals surface area contributed by atoms with E-state index in [0.29, 0.717) is 22.5 Å². The highest BCUT2D eigenvalue weighted by molar-refractivity contribution is 5.90. The number of hydrogen-bond acceptors (Lipinski definition) is 3. The minimum Gasteiger partial charge on any atom is -0.496 e. The number of pyridine rings is 1. The SMILES string of the molecule is COc1cc(-c2ccc(C(F)(F)F)cc2)nc2cc(-c3ncc(C)[nH]3)ccc12. The number of halogens is 3. The summed E-state index contributed by atoms with van der Waals surface area (Å²) in [4.78, 5) is 12.1. The normalized spacial score (nSPS) is 11.8. The van der Waals surface area contributed by atoms with Gasteiger partial charge in [0, 0.05) is 34.5 Å². The molecule has 0 aliphatic heterocycles. The third-order valence-electron chi connectivity index (χ3n) is 4.48. The van der Waals surface area contributed by atoms with Crippen LogP contribution in [0, 0.1) is 6.92 Å². The maximum Gasteiger partial charge on any atom is 0.416 e. The number of hydrogen-bond donors (Lipinski definition) is 1. The molecule has 0 atom stereocenters. The highest BCUT2D eigenvalue weighted by atomic mass is 19.4. The van der Waals surface area contributed by atoms with Gasteiger partial charge in [-0.05, 0) is 31.2 Å². The molecule has 0 aliphatic rings. The molecule has 2 aromatic carbocycles. The predicted octanol–water partition coefficient (Wildman–Crippen LogP) is 5.63. The first kappa shape index (κ1) is 18.0. The first-order chi connectivity index (χ1) is 13.3. The van der Waals surface area contributed by atoms with Gasteiger partial charge in [0.25, 0.3) is 0 Å². The van der Waals surface area contributed by atoms with Gasteiger partial charge >= 0.3 is 6.18 Å². The number of aromatic nitrogens is 3. The Hall–Kier alpha value is -3.35. The first-order valence-electron chi connectivity index (χ1n) is 8.53. The lowest BCUT2D eigenvalue weighted by molar-refractivity contribution is -0.137. The minimum atomic E-state index is -4.37. The third kappa shape index (κ3) is 3.31. The topological polar surface area (TPSA) is 50.8 Å². The van der Waals surface area contributed by atoms with Gasteiger partial charge in [-0.25, -0.2) is 9.97 Å². The molecule has 4 nitrogen and oxygen atoms in total. The second-order valence-electron chi connectivity index (χ2n) is 6.43. The van der Waals surface area contributed by atoms with Gasteiger partial charge in [-0.1, -0.05) is 18.2 Å². The minimum absolute atomic E-state index is 0.533. The number of rotatable bonds is 3. The number of imidazole rings is 1. The van der Waals surface area contributed by atoms with Crippen LogP contribution in [0.15, 0.2) is 54.7 Å². The van der Waals surface area contributed by atoms with Crippen molar-refractivity contribution in [3.8, 4) is 28.4 Å². The van der Waals surface area contributed by atoms with Crippen molar-refractivity contribution in [2.75, 3.05) is 7.11 Å². The van der Waals surface area contributed by atoms with Gasteiger partial charge in [0.2, 0.25) is 0 Å². The molecule has 0 bridgehead atoms. The monoisotopic (exact) mass is 383 g/mol. The summed E-state index contributed by atoms with van der Waals surface area (Å²) in [5.74, 6) is 1.32. The quantitative estimate of drug-likeness (QED) is 0.499. The Morgan fingerprint density at radius 3 is 2.29 bits per heavy atom. The maximum atomic E-state index is 12.8. The Labute approximate surface area is 159 Å². The second kappa shape index (κ2) is 6.67. The number of H-pyrrole nitrogens is 1. The Morgan fingerprint density at radius 2 is 1.68 bits per heavy atom. The Morgan fingerprint density at radius 1 is 0.964 bits per heavy atom.